The molecule has 0 saturated carbocycles. The van der Waals surface area contributed by atoms with E-state index in [2.05, 4.69) is 20.8 Å². The van der Waals surface area contributed by atoms with E-state index in [0.717, 1.165) is 17.4 Å². The Morgan fingerprint density at radius 2 is 1.81 bits per heavy atom. The molecule has 26 heavy (non-hydrogen) atoms. The van der Waals surface area contributed by atoms with E-state index in [-0.39, 0.29) is 5.41 Å². The molecule has 0 aromatic heterocycles. The van der Waals surface area contributed by atoms with E-state index in [0.29, 0.717) is 28.4 Å². The van der Waals surface area contributed by atoms with Crippen molar-refractivity contribution in [2.75, 3.05) is 13.4 Å². The fourth-order valence-electron chi connectivity index (χ4n) is 2.54. The van der Waals surface area contributed by atoms with Gasteiger partial charge in [0.25, 0.3) is 0 Å². The minimum atomic E-state index is -0.454. The lowest BCUT2D eigenvalue weighted by atomic mass is 9.87. The molecule has 138 valence electrons. The lowest BCUT2D eigenvalue weighted by Crippen LogP contribution is -2.13. The maximum Gasteiger partial charge on any atom is 0.343 e. The zero-order valence-corrected chi connectivity index (χ0v) is 16.6. The molecule has 2 rings (SSSR count). The topological polar surface area (TPSA) is 52.6 Å². The number of methoxy groups -OCH3 is 1. The molecule has 0 aliphatic rings. The van der Waals surface area contributed by atoms with Crippen LogP contribution in [0, 0.1) is 0 Å². The van der Waals surface area contributed by atoms with Crippen molar-refractivity contribution in [2.45, 2.75) is 31.9 Å². The van der Waals surface area contributed by atoms with Gasteiger partial charge in [0, 0.05) is 16.9 Å². The zero-order chi connectivity index (χ0) is 19.3. The molecule has 0 heterocycles. The second kappa shape index (κ2) is 8.41. The summed E-state index contributed by atoms with van der Waals surface area (Å²) in [6.07, 6.45) is 2.69. The number of carbonyl (C=O) groups is 2. The van der Waals surface area contributed by atoms with E-state index in [1.165, 1.54) is 7.11 Å². The first-order valence-electron chi connectivity index (χ1n) is 8.28. The molecular formula is C21H24O4S. The van der Waals surface area contributed by atoms with Crippen molar-refractivity contribution >= 4 is 24.0 Å². The first kappa shape index (κ1) is 20.0. The van der Waals surface area contributed by atoms with E-state index in [9.17, 15) is 9.59 Å². The first-order valence-corrected chi connectivity index (χ1v) is 9.67. The third-order valence-electron chi connectivity index (χ3n) is 3.99. The van der Waals surface area contributed by atoms with Crippen LogP contribution in [-0.4, -0.2) is 25.6 Å². The summed E-state index contributed by atoms with van der Waals surface area (Å²) in [5.41, 5.74) is 2.86. The summed E-state index contributed by atoms with van der Waals surface area (Å²) in [6.45, 7) is 6.36. The molecule has 0 spiro atoms. The molecule has 0 unspecified atom stereocenters. The molecule has 5 heteroatoms. The Labute approximate surface area is 158 Å². The molecule has 0 aliphatic carbocycles. The summed E-state index contributed by atoms with van der Waals surface area (Å²) in [7, 11) is 1.49. The van der Waals surface area contributed by atoms with Gasteiger partial charge in [0.1, 0.15) is 6.29 Å². The van der Waals surface area contributed by atoms with Crippen LogP contribution in [0.4, 0.5) is 0 Å². The van der Waals surface area contributed by atoms with Crippen LogP contribution in [-0.2, 0) is 11.2 Å². The average molecular weight is 372 g/mol. The number of esters is 1. The number of benzene rings is 2. The predicted molar refractivity (Wildman–Crippen MR) is 106 cm³/mol. The van der Waals surface area contributed by atoms with Gasteiger partial charge >= 0.3 is 5.97 Å². The zero-order valence-electron chi connectivity index (χ0n) is 15.8. The fraction of sp³-hybridized carbons (Fsp3) is 0.333. The van der Waals surface area contributed by atoms with Crippen LogP contribution in [0.15, 0.2) is 36.4 Å². The van der Waals surface area contributed by atoms with E-state index < -0.39 is 5.97 Å². The van der Waals surface area contributed by atoms with Crippen LogP contribution < -0.4 is 9.47 Å². The number of hydrogen-bond acceptors (Lipinski definition) is 5. The summed E-state index contributed by atoms with van der Waals surface area (Å²) in [6, 6.07) is 10.7. The van der Waals surface area contributed by atoms with Crippen molar-refractivity contribution in [1.82, 2.24) is 0 Å². The van der Waals surface area contributed by atoms with Crippen LogP contribution >= 0.6 is 11.8 Å². The summed E-state index contributed by atoms with van der Waals surface area (Å²) < 4.78 is 11.0. The Kier molecular flexibility index (Phi) is 6.48. The second-order valence-electron chi connectivity index (χ2n) is 6.98. The van der Waals surface area contributed by atoms with E-state index in [1.807, 2.05) is 18.4 Å². The first-order chi connectivity index (χ1) is 12.3. The number of carbonyl (C=O) groups excluding carboxylic acids is 2. The third kappa shape index (κ3) is 4.67. The highest BCUT2D eigenvalue weighted by Gasteiger charge is 2.19. The van der Waals surface area contributed by atoms with Gasteiger partial charge in [0.2, 0.25) is 0 Å². The smallest absolute Gasteiger partial charge is 0.343 e. The highest BCUT2D eigenvalue weighted by molar-refractivity contribution is 7.97. The van der Waals surface area contributed by atoms with Crippen molar-refractivity contribution in [1.29, 1.82) is 0 Å². The van der Waals surface area contributed by atoms with Crippen LogP contribution in [0.3, 0.4) is 0 Å². The Hall–Kier alpha value is -2.27. The SMILES string of the molecule is COc1cc(C=O)cc(CSC)c1OC(=O)c1ccc(C(C)(C)C)cc1. The molecule has 0 atom stereocenters. The number of rotatable bonds is 6. The quantitative estimate of drug-likeness (QED) is 0.411. The average Bonchev–Trinajstić information content (AvgIpc) is 2.62. The summed E-state index contributed by atoms with van der Waals surface area (Å²) in [5.74, 6) is 0.879. The maximum atomic E-state index is 12.6. The molecular weight excluding hydrogens is 348 g/mol. The third-order valence-corrected chi connectivity index (χ3v) is 4.59. The van der Waals surface area contributed by atoms with Crippen molar-refractivity contribution in [3.05, 3.63) is 58.7 Å². The van der Waals surface area contributed by atoms with Gasteiger partial charge in [0.05, 0.1) is 12.7 Å². The molecule has 0 fully saturated rings. The highest BCUT2D eigenvalue weighted by atomic mass is 32.2. The van der Waals surface area contributed by atoms with Crippen LogP contribution in [0.2, 0.25) is 0 Å². The summed E-state index contributed by atoms with van der Waals surface area (Å²) >= 11 is 1.57. The van der Waals surface area contributed by atoms with Gasteiger partial charge in [-0.3, -0.25) is 4.79 Å². The van der Waals surface area contributed by atoms with Gasteiger partial charge in [-0.25, -0.2) is 4.79 Å². The lowest BCUT2D eigenvalue weighted by Gasteiger charge is -2.19. The van der Waals surface area contributed by atoms with E-state index in [1.54, 1.807) is 36.0 Å². The van der Waals surface area contributed by atoms with Crippen molar-refractivity contribution in [2.24, 2.45) is 0 Å². The van der Waals surface area contributed by atoms with Crippen molar-refractivity contribution in [3.63, 3.8) is 0 Å². The van der Waals surface area contributed by atoms with Gasteiger partial charge in [-0.15, -0.1) is 0 Å². The number of ether oxygens (including phenoxy) is 2. The molecule has 2 aromatic carbocycles. The van der Waals surface area contributed by atoms with Crippen LogP contribution in [0.25, 0.3) is 0 Å². The predicted octanol–water partition coefficient (Wildman–Crippen LogP) is 4.89. The monoisotopic (exact) mass is 372 g/mol. The maximum absolute atomic E-state index is 12.6. The van der Waals surface area contributed by atoms with E-state index >= 15 is 0 Å². The molecule has 4 nitrogen and oxygen atoms in total. The molecule has 0 saturated heterocycles. The van der Waals surface area contributed by atoms with Crippen LogP contribution in [0.5, 0.6) is 11.5 Å². The number of hydrogen-bond donors (Lipinski definition) is 0. The number of aldehydes is 1. The van der Waals surface area contributed by atoms with Crippen molar-refractivity contribution < 1.29 is 19.1 Å². The van der Waals surface area contributed by atoms with Gasteiger partial charge in [-0.1, -0.05) is 32.9 Å². The standard InChI is InChI=1S/C21H24O4S/c1-21(2,3)17-8-6-15(7-9-17)20(23)25-19-16(13-26-5)10-14(12-22)11-18(19)24-4/h6-12H,13H2,1-5H3. The summed E-state index contributed by atoms with van der Waals surface area (Å²) in [4.78, 5) is 23.7. The Balaban J connectivity index is 2.34. The highest BCUT2D eigenvalue weighted by Crippen LogP contribution is 2.35. The Morgan fingerprint density at radius 1 is 1.15 bits per heavy atom. The van der Waals surface area contributed by atoms with Gasteiger partial charge in [-0.05, 0) is 41.5 Å². The van der Waals surface area contributed by atoms with Gasteiger partial charge in [0.15, 0.2) is 11.5 Å². The fourth-order valence-corrected chi connectivity index (χ4v) is 3.07. The molecule has 0 radical (unpaired) electrons. The normalized spacial score (nSPS) is 11.1. The molecule has 0 aliphatic heterocycles. The molecule has 2 aromatic rings. The Morgan fingerprint density at radius 3 is 2.31 bits per heavy atom. The largest absolute Gasteiger partial charge is 0.493 e. The molecule has 0 N–H and O–H groups in total. The Bertz CT molecular complexity index is 789. The molecule has 0 amide bonds. The van der Waals surface area contributed by atoms with E-state index in [4.69, 9.17) is 9.47 Å². The van der Waals surface area contributed by atoms with Gasteiger partial charge < -0.3 is 9.47 Å². The van der Waals surface area contributed by atoms with Crippen LogP contribution in [0.1, 0.15) is 52.6 Å². The minimum Gasteiger partial charge on any atom is -0.493 e. The minimum absolute atomic E-state index is 0.0157. The lowest BCUT2D eigenvalue weighted by molar-refractivity contribution is 0.0728. The van der Waals surface area contributed by atoms with Crippen molar-refractivity contribution in [3.8, 4) is 11.5 Å². The molecule has 0 bridgehead atoms. The second-order valence-corrected chi connectivity index (χ2v) is 7.85. The van der Waals surface area contributed by atoms with Gasteiger partial charge in [-0.2, -0.15) is 11.8 Å². The number of thioether (sulfide) groups is 1. The summed E-state index contributed by atoms with van der Waals surface area (Å²) in [5, 5.41) is 0.